The molecule has 3 heteroatoms. The summed E-state index contributed by atoms with van der Waals surface area (Å²) in [5.74, 6) is -1.55. The maximum Gasteiger partial charge on any atom is 0.159 e. The van der Waals surface area contributed by atoms with Gasteiger partial charge in [0.25, 0.3) is 0 Å². The van der Waals surface area contributed by atoms with Crippen LogP contribution in [-0.2, 0) is 0 Å². The van der Waals surface area contributed by atoms with Crippen molar-refractivity contribution in [3.05, 3.63) is 35.4 Å². The summed E-state index contributed by atoms with van der Waals surface area (Å²) in [6.07, 6.45) is 2.98. The van der Waals surface area contributed by atoms with Gasteiger partial charge in [-0.2, -0.15) is 0 Å². The van der Waals surface area contributed by atoms with E-state index < -0.39 is 11.6 Å². The topological polar surface area (TPSA) is 12.0 Å². The predicted molar refractivity (Wildman–Crippen MR) is 76.1 cm³/mol. The summed E-state index contributed by atoms with van der Waals surface area (Å²) in [5, 5.41) is 3.42. The minimum absolute atomic E-state index is 0.0919. The monoisotopic (exact) mass is 269 g/mol. The van der Waals surface area contributed by atoms with E-state index in [4.69, 9.17) is 0 Å². The van der Waals surface area contributed by atoms with Gasteiger partial charge in [0.1, 0.15) is 0 Å². The van der Waals surface area contributed by atoms with Gasteiger partial charge < -0.3 is 5.32 Å². The molecule has 0 saturated carbocycles. The molecule has 1 nitrogen and oxygen atoms in total. The van der Waals surface area contributed by atoms with Crippen molar-refractivity contribution in [2.45, 2.75) is 53.0 Å². The first-order valence-corrected chi connectivity index (χ1v) is 7.02. The van der Waals surface area contributed by atoms with Gasteiger partial charge in [-0.15, -0.1) is 0 Å². The van der Waals surface area contributed by atoms with Crippen LogP contribution in [0.15, 0.2) is 18.2 Å². The van der Waals surface area contributed by atoms with Crippen LogP contribution in [0.3, 0.4) is 0 Å². The predicted octanol–water partition coefficient (Wildman–Crippen LogP) is 4.83. The Bertz CT molecular complexity index is 396. The van der Waals surface area contributed by atoms with E-state index in [0.717, 1.165) is 31.4 Å². The second kappa shape index (κ2) is 6.99. The molecule has 0 aliphatic carbocycles. The molecule has 0 spiro atoms. The molecule has 1 rings (SSSR count). The molecule has 0 saturated heterocycles. The Labute approximate surface area is 115 Å². The van der Waals surface area contributed by atoms with Crippen LogP contribution in [0.1, 0.15) is 58.6 Å². The third kappa shape index (κ3) is 5.68. The highest BCUT2D eigenvalue weighted by Crippen LogP contribution is 2.28. The minimum Gasteiger partial charge on any atom is -0.310 e. The molecule has 0 amide bonds. The fraction of sp³-hybridized carbons (Fsp3) is 0.625. The molecule has 0 bridgehead atoms. The van der Waals surface area contributed by atoms with Crippen molar-refractivity contribution < 1.29 is 8.78 Å². The number of hydrogen-bond donors (Lipinski definition) is 1. The van der Waals surface area contributed by atoms with Crippen molar-refractivity contribution >= 4 is 0 Å². The normalized spacial score (nSPS) is 13.6. The fourth-order valence-electron chi connectivity index (χ4n) is 2.01. The van der Waals surface area contributed by atoms with Crippen molar-refractivity contribution in [1.29, 1.82) is 0 Å². The number of halogens is 2. The van der Waals surface area contributed by atoms with Crippen molar-refractivity contribution in [3.63, 3.8) is 0 Å². The molecular formula is C16H25F2N. The van der Waals surface area contributed by atoms with E-state index >= 15 is 0 Å². The van der Waals surface area contributed by atoms with E-state index in [0.29, 0.717) is 0 Å². The molecule has 0 fully saturated rings. The lowest BCUT2D eigenvalue weighted by Crippen LogP contribution is -2.24. The molecular weight excluding hydrogens is 244 g/mol. The van der Waals surface area contributed by atoms with Gasteiger partial charge in [-0.25, -0.2) is 8.78 Å². The minimum atomic E-state index is -0.784. The van der Waals surface area contributed by atoms with Crippen LogP contribution < -0.4 is 5.32 Å². The number of rotatable bonds is 6. The lowest BCUT2D eigenvalue weighted by Gasteiger charge is -2.24. The highest BCUT2D eigenvalue weighted by molar-refractivity contribution is 5.21. The van der Waals surface area contributed by atoms with E-state index in [1.165, 1.54) is 12.1 Å². The summed E-state index contributed by atoms with van der Waals surface area (Å²) >= 11 is 0. The van der Waals surface area contributed by atoms with Crippen molar-refractivity contribution in [1.82, 2.24) is 5.32 Å². The van der Waals surface area contributed by atoms with E-state index in [2.05, 4.69) is 33.0 Å². The zero-order valence-corrected chi connectivity index (χ0v) is 12.4. The summed E-state index contributed by atoms with van der Waals surface area (Å²) in [6.45, 7) is 9.55. The van der Waals surface area contributed by atoms with E-state index in [1.807, 2.05) is 0 Å². The van der Waals surface area contributed by atoms with Crippen LogP contribution in [0.4, 0.5) is 8.78 Å². The van der Waals surface area contributed by atoms with E-state index in [9.17, 15) is 8.78 Å². The Balaban J connectivity index is 2.79. The zero-order chi connectivity index (χ0) is 14.5. The first-order chi connectivity index (χ1) is 8.83. The molecule has 1 N–H and O–H groups in total. The smallest absolute Gasteiger partial charge is 0.159 e. The molecule has 1 unspecified atom stereocenters. The second-order valence-corrected chi connectivity index (χ2v) is 6.28. The third-order valence-electron chi connectivity index (χ3n) is 3.17. The van der Waals surface area contributed by atoms with E-state index in [1.54, 1.807) is 6.07 Å². The first-order valence-electron chi connectivity index (χ1n) is 7.02. The van der Waals surface area contributed by atoms with Crippen molar-refractivity contribution in [2.24, 2.45) is 5.41 Å². The molecule has 0 aliphatic rings. The molecule has 0 aromatic heterocycles. The largest absolute Gasteiger partial charge is 0.310 e. The fourth-order valence-corrected chi connectivity index (χ4v) is 2.01. The van der Waals surface area contributed by atoms with Gasteiger partial charge in [0, 0.05) is 6.04 Å². The van der Waals surface area contributed by atoms with Gasteiger partial charge in [-0.05, 0) is 48.9 Å². The molecule has 0 aliphatic heterocycles. The summed E-state index contributed by atoms with van der Waals surface area (Å²) in [7, 11) is 0. The van der Waals surface area contributed by atoms with Crippen LogP contribution in [0.5, 0.6) is 0 Å². The summed E-state index contributed by atoms with van der Waals surface area (Å²) in [5.41, 5.74) is 1.07. The highest BCUT2D eigenvalue weighted by atomic mass is 19.2. The van der Waals surface area contributed by atoms with Crippen LogP contribution in [0.2, 0.25) is 0 Å². The quantitative estimate of drug-likeness (QED) is 0.779. The summed E-state index contributed by atoms with van der Waals surface area (Å²) in [4.78, 5) is 0. The summed E-state index contributed by atoms with van der Waals surface area (Å²) in [6, 6.07) is 4.29. The average Bonchev–Trinajstić information content (AvgIpc) is 2.32. The number of benzene rings is 1. The van der Waals surface area contributed by atoms with Gasteiger partial charge in [-0.1, -0.05) is 33.8 Å². The zero-order valence-electron chi connectivity index (χ0n) is 12.4. The second-order valence-electron chi connectivity index (χ2n) is 6.28. The van der Waals surface area contributed by atoms with Gasteiger partial charge in [0.15, 0.2) is 11.6 Å². The van der Waals surface area contributed by atoms with Gasteiger partial charge in [0.05, 0.1) is 0 Å². The first kappa shape index (κ1) is 16.1. The van der Waals surface area contributed by atoms with Crippen LogP contribution in [0, 0.1) is 17.0 Å². The standard InChI is InChI=1S/C16H25F2N/c1-5-10-19-15(8-9-16(2,3)4)12-6-7-13(17)14(18)11-12/h6-7,11,15,19H,5,8-10H2,1-4H3. The van der Waals surface area contributed by atoms with Crippen LogP contribution >= 0.6 is 0 Å². The molecule has 19 heavy (non-hydrogen) atoms. The summed E-state index contributed by atoms with van der Waals surface area (Å²) < 4.78 is 26.3. The lowest BCUT2D eigenvalue weighted by molar-refractivity contribution is 0.331. The lowest BCUT2D eigenvalue weighted by atomic mass is 9.87. The van der Waals surface area contributed by atoms with Crippen LogP contribution in [-0.4, -0.2) is 6.54 Å². The van der Waals surface area contributed by atoms with Crippen LogP contribution in [0.25, 0.3) is 0 Å². The van der Waals surface area contributed by atoms with Gasteiger partial charge in [0.2, 0.25) is 0 Å². The molecule has 108 valence electrons. The Morgan fingerprint density at radius 3 is 2.37 bits per heavy atom. The van der Waals surface area contributed by atoms with Gasteiger partial charge in [-0.3, -0.25) is 0 Å². The molecule has 1 atom stereocenters. The van der Waals surface area contributed by atoms with E-state index in [-0.39, 0.29) is 11.5 Å². The highest BCUT2D eigenvalue weighted by Gasteiger charge is 2.17. The molecule has 1 aromatic carbocycles. The average molecular weight is 269 g/mol. The maximum atomic E-state index is 13.3. The van der Waals surface area contributed by atoms with Gasteiger partial charge >= 0.3 is 0 Å². The Hall–Kier alpha value is -0.960. The number of nitrogens with one attached hydrogen (secondary N) is 1. The molecule has 0 heterocycles. The maximum absolute atomic E-state index is 13.3. The third-order valence-corrected chi connectivity index (χ3v) is 3.17. The van der Waals surface area contributed by atoms with Crippen molar-refractivity contribution in [3.8, 4) is 0 Å². The Morgan fingerprint density at radius 2 is 1.84 bits per heavy atom. The Kier molecular flexibility index (Phi) is 5.92. The Morgan fingerprint density at radius 1 is 1.16 bits per heavy atom. The van der Waals surface area contributed by atoms with Crippen molar-refractivity contribution in [2.75, 3.05) is 6.54 Å². The number of hydrogen-bond acceptors (Lipinski definition) is 1. The molecule has 0 radical (unpaired) electrons. The SMILES string of the molecule is CCCNC(CCC(C)(C)C)c1ccc(F)c(F)c1. The molecule has 1 aromatic rings.